The molecule has 3 heterocycles. The number of ketones is 1. The lowest BCUT2D eigenvalue weighted by molar-refractivity contribution is -0.239. The average molecular weight is 254 g/mol. The molecule has 18 heavy (non-hydrogen) atoms. The molecule has 0 spiro atoms. The van der Waals surface area contributed by atoms with Crippen LogP contribution in [0.25, 0.3) is 0 Å². The first-order valence-corrected chi connectivity index (χ1v) is 7.20. The molecule has 3 rings (SSSR count). The van der Waals surface area contributed by atoms with Gasteiger partial charge in [0.15, 0.2) is 12.1 Å². The van der Waals surface area contributed by atoms with Gasteiger partial charge in [-0.05, 0) is 38.5 Å². The fourth-order valence-corrected chi connectivity index (χ4v) is 3.24. The number of ether oxygens (including phenoxy) is 3. The smallest absolute Gasteiger partial charge is 0.164 e. The van der Waals surface area contributed by atoms with E-state index < -0.39 is 0 Å². The van der Waals surface area contributed by atoms with Crippen molar-refractivity contribution in [1.29, 1.82) is 0 Å². The summed E-state index contributed by atoms with van der Waals surface area (Å²) in [4.78, 5) is 11.8. The van der Waals surface area contributed by atoms with Crippen LogP contribution in [0.2, 0.25) is 0 Å². The zero-order chi connectivity index (χ0) is 12.5. The van der Waals surface area contributed by atoms with Gasteiger partial charge in [-0.25, -0.2) is 0 Å². The van der Waals surface area contributed by atoms with E-state index in [-0.39, 0.29) is 36.3 Å². The van der Waals surface area contributed by atoms with Crippen molar-refractivity contribution in [3.8, 4) is 0 Å². The van der Waals surface area contributed by atoms with E-state index in [4.69, 9.17) is 14.2 Å². The number of hydrogen-bond donors (Lipinski definition) is 0. The average Bonchev–Trinajstić information content (AvgIpc) is 2.40. The minimum atomic E-state index is -0.175. The maximum absolute atomic E-state index is 11.8. The quantitative estimate of drug-likeness (QED) is 0.756. The van der Waals surface area contributed by atoms with Gasteiger partial charge < -0.3 is 14.2 Å². The second-order valence-corrected chi connectivity index (χ2v) is 5.75. The summed E-state index contributed by atoms with van der Waals surface area (Å²) in [6.45, 7) is 2.81. The Morgan fingerprint density at radius 2 is 2.11 bits per heavy atom. The molecule has 0 radical (unpaired) electrons. The molecule has 0 N–H and O–H groups in total. The molecule has 4 nitrogen and oxygen atoms in total. The van der Waals surface area contributed by atoms with Crippen molar-refractivity contribution in [3.05, 3.63) is 0 Å². The van der Waals surface area contributed by atoms with Crippen molar-refractivity contribution in [2.24, 2.45) is 5.92 Å². The van der Waals surface area contributed by atoms with Crippen LogP contribution in [0, 0.1) is 5.92 Å². The Labute approximate surface area is 108 Å². The van der Waals surface area contributed by atoms with Crippen LogP contribution in [-0.4, -0.2) is 37.0 Å². The van der Waals surface area contributed by atoms with Gasteiger partial charge in [0.05, 0.1) is 12.2 Å². The summed E-state index contributed by atoms with van der Waals surface area (Å²) >= 11 is 0. The highest BCUT2D eigenvalue weighted by Crippen LogP contribution is 2.34. The molecule has 2 bridgehead atoms. The van der Waals surface area contributed by atoms with Crippen LogP contribution in [0.4, 0.5) is 0 Å². The third-order valence-electron chi connectivity index (χ3n) is 4.32. The predicted octanol–water partition coefficient (Wildman–Crippen LogP) is 2.05. The fourth-order valence-electron chi connectivity index (χ4n) is 3.24. The molecule has 0 aliphatic carbocycles. The molecule has 0 aromatic carbocycles. The molecule has 4 heteroatoms. The second-order valence-electron chi connectivity index (χ2n) is 5.75. The van der Waals surface area contributed by atoms with Gasteiger partial charge in [-0.15, -0.1) is 0 Å². The van der Waals surface area contributed by atoms with E-state index in [0.717, 1.165) is 38.7 Å². The summed E-state index contributed by atoms with van der Waals surface area (Å²) in [5.41, 5.74) is 0. The van der Waals surface area contributed by atoms with Crippen LogP contribution in [0.15, 0.2) is 0 Å². The van der Waals surface area contributed by atoms with Crippen molar-refractivity contribution in [2.75, 3.05) is 6.61 Å². The molecule has 3 aliphatic heterocycles. The van der Waals surface area contributed by atoms with E-state index in [9.17, 15) is 4.79 Å². The van der Waals surface area contributed by atoms with E-state index in [1.807, 2.05) is 6.92 Å². The Morgan fingerprint density at radius 1 is 1.22 bits per heavy atom. The summed E-state index contributed by atoms with van der Waals surface area (Å²) < 4.78 is 17.5. The zero-order valence-electron chi connectivity index (χ0n) is 11.0. The molecule has 0 amide bonds. The van der Waals surface area contributed by atoms with Crippen molar-refractivity contribution < 1.29 is 19.0 Å². The first-order valence-electron chi connectivity index (χ1n) is 7.20. The largest absolute Gasteiger partial charge is 0.364 e. The lowest BCUT2D eigenvalue weighted by Crippen LogP contribution is -2.51. The van der Waals surface area contributed by atoms with Gasteiger partial charge in [0.25, 0.3) is 0 Å². The van der Waals surface area contributed by atoms with E-state index in [2.05, 4.69) is 0 Å². The van der Waals surface area contributed by atoms with Crippen LogP contribution < -0.4 is 0 Å². The van der Waals surface area contributed by atoms with E-state index in [1.165, 1.54) is 6.42 Å². The highest BCUT2D eigenvalue weighted by molar-refractivity contribution is 5.86. The number of hydrogen-bond acceptors (Lipinski definition) is 4. The molecule has 0 saturated carbocycles. The number of carbonyl (C=O) groups is 1. The third-order valence-corrected chi connectivity index (χ3v) is 4.32. The Hall–Kier alpha value is -0.450. The Bertz CT molecular complexity index is 309. The minimum absolute atomic E-state index is 0.0585. The van der Waals surface area contributed by atoms with E-state index in [1.54, 1.807) is 0 Å². The van der Waals surface area contributed by atoms with Crippen LogP contribution in [0.5, 0.6) is 0 Å². The maximum Gasteiger partial charge on any atom is 0.164 e. The topological polar surface area (TPSA) is 44.8 Å². The second kappa shape index (κ2) is 5.27. The molecule has 3 saturated heterocycles. The summed E-state index contributed by atoms with van der Waals surface area (Å²) in [5, 5.41) is 0. The lowest BCUT2D eigenvalue weighted by Gasteiger charge is -2.43. The molecular formula is C14H22O4. The predicted molar refractivity (Wildman–Crippen MR) is 65.1 cm³/mol. The summed E-state index contributed by atoms with van der Waals surface area (Å²) in [6.07, 6.45) is 5.79. The minimum Gasteiger partial charge on any atom is -0.364 e. The molecule has 102 valence electrons. The fraction of sp³-hybridized carbons (Fsp3) is 0.929. The molecule has 0 aromatic rings. The van der Waals surface area contributed by atoms with Gasteiger partial charge >= 0.3 is 0 Å². The highest BCUT2D eigenvalue weighted by Gasteiger charge is 2.43. The molecule has 5 atom stereocenters. The van der Waals surface area contributed by atoms with Crippen LogP contribution in [0.3, 0.4) is 0 Å². The maximum atomic E-state index is 11.8. The SMILES string of the molecule is CC1CC2OC(CCC2OC2CCCCO2)C1=O. The summed E-state index contributed by atoms with van der Waals surface area (Å²) in [5.74, 6) is 0.394. The van der Waals surface area contributed by atoms with Gasteiger partial charge in [-0.3, -0.25) is 4.79 Å². The first-order chi connectivity index (χ1) is 8.74. The third kappa shape index (κ3) is 2.46. The van der Waals surface area contributed by atoms with Crippen LogP contribution in [0.1, 0.15) is 45.4 Å². The summed E-state index contributed by atoms with van der Waals surface area (Å²) in [7, 11) is 0. The standard InChI is InChI=1S/C14H22O4/c1-9-8-12-10(5-6-11(17-12)14(9)15)18-13-4-2-3-7-16-13/h9-13H,2-8H2,1H3. The molecule has 3 fully saturated rings. The lowest BCUT2D eigenvalue weighted by atomic mass is 9.83. The van der Waals surface area contributed by atoms with Crippen molar-refractivity contribution in [2.45, 2.75) is 70.1 Å². The van der Waals surface area contributed by atoms with Gasteiger partial charge in [0, 0.05) is 12.5 Å². The first kappa shape index (κ1) is 12.6. The Balaban J connectivity index is 1.59. The number of rotatable bonds is 2. The monoisotopic (exact) mass is 254 g/mol. The van der Waals surface area contributed by atoms with Crippen LogP contribution in [-0.2, 0) is 19.0 Å². The van der Waals surface area contributed by atoms with Gasteiger partial charge in [-0.1, -0.05) is 6.92 Å². The zero-order valence-corrected chi connectivity index (χ0v) is 11.0. The molecule has 3 aliphatic rings. The van der Waals surface area contributed by atoms with E-state index >= 15 is 0 Å². The number of Topliss-reactive ketones (excluding diaryl/α,β-unsaturated/α-hetero) is 1. The molecule has 5 unspecified atom stereocenters. The number of fused-ring (bicyclic) bond motifs is 2. The highest BCUT2D eigenvalue weighted by atomic mass is 16.7. The van der Waals surface area contributed by atoms with Crippen molar-refractivity contribution >= 4 is 5.78 Å². The van der Waals surface area contributed by atoms with Gasteiger partial charge in [-0.2, -0.15) is 0 Å². The Morgan fingerprint density at radius 3 is 2.89 bits per heavy atom. The van der Waals surface area contributed by atoms with E-state index in [0.29, 0.717) is 0 Å². The van der Waals surface area contributed by atoms with Gasteiger partial charge in [0.1, 0.15) is 6.10 Å². The molecule has 0 aromatic heterocycles. The van der Waals surface area contributed by atoms with Gasteiger partial charge in [0.2, 0.25) is 0 Å². The molecular weight excluding hydrogens is 232 g/mol. The number of carbonyl (C=O) groups excluding carboxylic acids is 1. The van der Waals surface area contributed by atoms with Crippen molar-refractivity contribution in [1.82, 2.24) is 0 Å². The van der Waals surface area contributed by atoms with Crippen molar-refractivity contribution in [3.63, 3.8) is 0 Å². The van der Waals surface area contributed by atoms with Crippen LogP contribution >= 0.6 is 0 Å². The Kier molecular flexibility index (Phi) is 3.68. The normalized spacial score (nSPS) is 44.9. The summed E-state index contributed by atoms with van der Waals surface area (Å²) in [6, 6.07) is 0.